The summed E-state index contributed by atoms with van der Waals surface area (Å²) in [4.78, 5) is 20.6. The molecule has 0 saturated heterocycles. The van der Waals surface area contributed by atoms with Gasteiger partial charge in [-0.25, -0.2) is 9.50 Å². The Labute approximate surface area is 137 Å². The lowest BCUT2D eigenvalue weighted by Crippen LogP contribution is -2.27. The summed E-state index contributed by atoms with van der Waals surface area (Å²) in [6, 6.07) is 9.61. The van der Waals surface area contributed by atoms with Gasteiger partial charge in [-0.05, 0) is 31.0 Å². The first-order valence-corrected chi connectivity index (χ1v) is 7.75. The molecule has 1 aromatic carbocycles. The van der Waals surface area contributed by atoms with Gasteiger partial charge in [-0.15, -0.1) is 5.10 Å². The van der Waals surface area contributed by atoms with Gasteiger partial charge in [-0.3, -0.25) is 4.79 Å². The van der Waals surface area contributed by atoms with Gasteiger partial charge in [-0.2, -0.15) is 4.98 Å². The minimum Gasteiger partial charge on any atom is -0.346 e. The zero-order valence-electron chi connectivity index (χ0n) is 12.4. The van der Waals surface area contributed by atoms with Gasteiger partial charge < -0.3 is 5.32 Å². The van der Waals surface area contributed by atoms with Crippen molar-refractivity contribution >= 4 is 23.3 Å². The molecule has 7 heteroatoms. The van der Waals surface area contributed by atoms with Crippen LogP contribution in [-0.2, 0) is 0 Å². The first-order valence-electron chi connectivity index (χ1n) is 7.37. The smallest absolute Gasteiger partial charge is 0.291 e. The van der Waals surface area contributed by atoms with E-state index in [1.807, 2.05) is 37.3 Å². The zero-order chi connectivity index (χ0) is 16.0. The van der Waals surface area contributed by atoms with E-state index in [1.165, 1.54) is 0 Å². The number of fused-ring (bicyclic) bond motifs is 1. The molecule has 4 rings (SSSR count). The number of nitrogens with one attached hydrogen (secondary N) is 1. The number of hydrogen-bond acceptors (Lipinski definition) is 4. The Morgan fingerprint density at radius 2 is 2.17 bits per heavy atom. The summed E-state index contributed by atoms with van der Waals surface area (Å²) in [5.74, 6) is 0.532. The van der Waals surface area contributed by atoms with E-state index < -0.39 is 0 Å². The average Bonchev–Trinajstić information content (AvgIpc) is 3.13. The van der Waals surface area contributed by atoms with E-state index in [0.717, 1.165) is 22.7 Å². The highest BCUT2D eigenvalue weighted by Gasteiger charge is 2.41. The van der Waals surface area contributed by atoms with E-state index >= 15 is 0 Å². The van der Waals surface area contributed by atoms with Crippen LogP contribution in [0.3, 0.4) is 0 Å². The molecule has 6 nitrogen and oxygen atoms in total. The van der Waals surface area contributed by atoms with Crippen LogP contribution in [0.1, 0.15) is 34.2 Å². The lowest BCUT2D eigenvalue weighted by atomic mass is 10.1. The molecule has 23 heavy (non-hydrogen) atoms. The molecular weight excluding hydrogens is 314 g/mol. The number of halogens is 1. The summed E-state index contributed by atoms with van der Waals surface area (Å²) in [5.41, 5.74) is 1.95. The molecule has 0 unspecified atom stereocenters. The Morgan fingerprint density at radius 3 is 2.96 bits per heavy atom. The number of benzene rings is 1. The van der Waals surface area contributed by atoms with E-state index in [4.69, 9.17) is 11.6 Å². The molecule has 1 aliphatic rings. The highest BCUT2D eigenvalue weighted by molar-refractivity contribution is 6.31. The Hall–Kier alpha value is -2.47. The maximum absolute atomic E-state index is 12.3. The number of rotatable bonds is 3. The van der Waals surface area contributed by atoms with Crippen molar-refractivity contribution in [3.63, 3.8) is 0 Å². The van der Waals surface area contributed by atoms with Crippen molar-refractivity contribution in [3.8, 4) is 0 Å². The monoisotopic (exact) mass is 327 g/mol. The molecule has 1 fully saturated rings. The minimum atomic E-state index is -0.283. The second-order valence-corrected chi connectivity index (χ2v) is 6.08. The van der Waals surface area contributed by atoms with Crippen LogP contribution in [0.4, 0.5) is 0 Å². The molecular formula is C16H14ClN5O. The van der Waals surface area contributed by atoms with Crippen molar-refractivity contribution in [1.82, 2.24) is 24.9 Å². The number of carbonyl (C=O) groups is 1. The Bertz CT molecular complexity index is 906. The van der Waals surface area contributed by atoms with Crippen LogP contribution >= 0.6 is 11.6 Å². The van der Waals surface area contributed by atoms with Crippen molar-refractivity contribution in [3.05, 3.63) is 58.6 Å². The molecule has 3 aromatic rings. The van der Waals surface area contributed by atoms with Crippen molar-refractivity contribution < 1.29 is 4.79 Å². The third-order valence-electron chi connectivity index (χ3n) is 4.04. The number of carbonyl (C=O) groups excluding carboxylic acids is 1. The highest BCUT2D eigenvalue weighted by Crippen LogP contribution is 2.43. The standard InChI is InChI=1S/C16H14ClN5O/c1-9-6-7-18-16-20-14(21-22(9)16)15(23)19-13-8-11(13)10-4-2-3-5-12(10)17/h2-7,11,13H,8H2,1H3,(H,19,23)/t11-,13+/m1/s1. The van der Waals surface area contributed by atoms with E-state index in [2.05, 4.69) is 20.4 Å². The lowest BCUT2D eigenvalue weighted by molar-refractivity contribution is 0.0940. The Balaban J connectivity index is 1.50. The summed E-state index contributed by atoms with van der Waals surface area (Å²) in [5, 5.41) is 7.91. The molecule has 1 saturated carbocycles. The predicted octanol–water partition coefficient (Wildman–Crippen LogP) is 2.37. The number of hydrogen-bond donors (Lipinski definition) is 1. The van der Waals surface area contributed by atoms with Crippen LogP contribution in [0, 0.1) is 6.92 Å². The Morgan fingerprint density at radius 1 is 1.35 bits per heavy atom. The zero-order valence-corrected chi connectivity index (χ0v) is 13.2. The topological polar surface area (TPSA) is 72.2 Å². The van der Waals surface area contributed by atoms with E-state index in [-0.39, 0.29) is 23.7 Å². The SMILES string of the molecule is Cc1ccnc2nc(C(=O)N[C@H]3C[C@@H]3c3ccccc3Cl)nn12. The molecule has 1 amide bonds. The highest BCUT2D eigenvalue weighted by atomic mass is 35.5. The molecule has 116 valence electrons. The van der Waals surface area contributed by atoms with Crippen molar-refractivity contribution in [2.45, 2.75) is 25.3 Å². The molecule has 0 spiro atoms. The summed E-state index contributed by atoms with van der Waals surface area (Å²) >= 11 is 6.20. The fourth-order valence-corrected chi connectivity index (χ4v) is 2.99. The van der Waals surface area contributed by atoms with Gasteiger partial charge in [0, 0.05) is 28.9 Å². The van der Waals surface area contributed by atoms with Gasteiger partial charge >= 0.3 is 0 Å². The molecule has 0 radical (unpaired) electrons. The summed E-state index contributed by atoms with van der Waals surface area (Å²) < 4.78 is 1.56. The second-order valence-electron chi connectivity index (χ2n) is 5.68. The summed E-state index contributed by atoms with van der Waals surface area (Å²) in [7, 11) is 0. The van der Waals surface area contributed by atoms with Gasteiger partial charge in [0.05, 0.1) is 0 Å². The maximum Gasteiger partial charge on any atom is 0.291 e. The lowest BCUT2D eigenvalue weighted by Gasteiger charge is -2.04. The maximum atomic E-state index is 12.3. The molecule has 2 heterocycles. The van der Waals surface area contributed by atoms with E-state index in [1.54, 1.807) is 10.7 Å². The first-order chi connectivity index (χ1) is 11.1. The van der Waals surface area contributed by atoms with Crippen LogP contribution in [0.2, 0.25) is 5.02 Å². The summed E-state index contributed by atoms with van der Waals surface area (Å²) in [6.07, 6.45) is 2.52. The van der Waals surface area contributed by atoms with Crippen molar-refractivity contribution in [2.75, 3.05) is 0 Å². The average molecular weight is 328 g/mol. The van der Waals surface area contributed by atoms with E-state index in [0.29, 0.717) is 5.78 Å². The molecule has 1 aliphatic carbocycles. The van der Waals surface area contributed by atoms with Crippen LogP contribution in [0.5, 0.6) is 0 Å². The molecule has 0 aliphatic heterocycles. The van der Waals surface area contributed by atoms with Gasteiger partial charge in [0.15, 0.2) is 0 Å². The minimum absolute atomic E-state index is 0.0723. The number of nitrogens with zero attached hydrogens (tertiary/aromatic N) is 4. The second kappa shape index (κ2) is 5.31. The van der Waals surface area contributed by atoms with E-state index in [9.17, 15) is 4.79 Å². The number of amides is 1. The predicted molar refractivity (Wildman–Crippen MR) is 85.6 cm³/mol. The molecule has 1 N–H and O–H groups in total. The van der Waals surface area contributed by atoms with Gasteiger partial charge in [-0.1, -0.05) is 29.8 Å². The van der Waals surface area contributed by atoms with Crippen molar-refractivity contribution in [1.29, 1.82) is 0 Å². The fourth-order valence-electron chi connectivity index (χ4n) is 2.71. The van der Waals surface area contributed by atoms with Crippen LogP contribution in [0.25, 0.3) is 5.78 Å². The number of aryl methyl sites for hydroxylation is 1. The van der Waals surface area contributed by atoms with Crippen molar-refractivity contribution in [2.24, 2.45) is 0 Å². The molecule has 2 aromatic heterocycles. The van der Waals surface area contributed by atoms with Gasteiger partial charge in [0.1, 0.15) is 0 Å². The van der Waals surface area contributed by atoms with Crippen LogP contribution < -0.4 is 5.32 Å². The van der Waals surface area contributed by atoms with Gasteiger partial charge in [0.25, 0.3) is 11.7 Å². The van der Waals surface area contributed by atoms with Gasteiger partial charge in [0.2, 0.25) is 5.82 Å². The normalized spacial score (nSPS) is 19.7. The first kappa shape index (κ1) is 14.1. The van der Waals surface area contributed by atoms with Crippen LogP contribution in [-0.4, -0.2) is 31.5 Å². The van der Waals surface area contributed by atoms with Crippen LogP contribution in [0.15, 0.2) is 36.5 Å². The Kier molecular flexibility index (Phi) is 3.27. The third kappa shape index (κ3) is 2.55. The molecule has 2 atom stereocenters. The quantitative estimate of drug-likeness (QED) is 0.801. The number of aromatic nitrogens is 4. The molecule has 0 bridgehead atoms. The fraction of sp³-hybridized carbons (Fsp3) is 0.250. The largest absolute Gasteiger partial charge is 0.346 e. The summed E-state index contributed by atoms with van der Waals surface area (Å²) in [6.45, 7) is 1.89. The third-order valence-corrected chi connectivity index (χ3v) is 4.39.